The van der Waals surface area contributed by atoms with Crippen LogP contribution in [0, 0.1) is 35.0 Å². The van der Waals surface area contributed by atoms with E-state index in [1.165, 1.54) is 0 Å². The molecule has 2 aliphatic carbocycles. The second-order valence-electron chi connectivity index (χ2n) is 10.2. The molecule has 1 amide bonds. The Hall–Kier alpha value is -2.46. The van der Waals surface area contributed by atoms with E-state index >= 15 is 0 Å². The smallest absolute Gasteiger partial charge is 0.235 e. The zero-order valence-corrected chi connectivity index (χ0v) is 19.3. The van der Waals surface area contributed by atoms with Gasteiger partial charge < -0.3 is 10.4 Å². The van der Waals surface area contributed by atoms with Crippen LogP contribution in [0.2, 0.25) is 0 Å². The van der Waals surface area contributed by atoms with E-state index in [9.17, 15) is 14.7 Å². The Kier molecular flexibility index (Phi) is 6.26. The number of carbonyl (C=O) groups is 2. The normalized spacial score (nSPS) is 39.8. The van der Waals surface area contributed by atoms with E-state index < -0.39 is 17.4 Å². The summed E-state index contributed by atoms with van der Waals surface area (Å²) in [6.07, 6.45) is 9.11. The van der Waals surface area contributed by atoms with Gasteiger partial charge in [0.15, 0.2) is 5.78 Å². The molecule has 1 saturated carbocycles. The van der Waals surface area contributed by atoms with Gasteiger partial charge in [0.1, 0.15) is 5.41 Å². The molecule has 32 heavy (non-hydrogen) atoms. The van der Waals surface area contributed by atoms with Gasteiger partial charge in [-0.3, -0.25) is 9.59 Å². The van der Waals surface area contributed by atoms with Gasteiger partial charge in [0.2, 0.25) is 5.91 Å². The monoisotopic (exact) mass is 433 g/mol. The third-order valence-corrected chi connectivity index (χ3v) is 7.96. The highest BCUT2D eigenvalue weighted by Gasteiger charge is 2.67. The molecule has 1 aliphatic heterocycles. The third kappa shape index (κ3) is 3.69. The summed E-state index contributed by atoms with van der Waals surface area (Å²) in [5.74, 6) is -0.797. The quantitative estimate of drug-likeness (QED) is 0.541. The number of hydrogen-bond donors (Lipinski definition) is 2. The minimum absolute atomic E-state index is 0.166. The maximum atomic E-state index is 13.9. The second-order valence-corrected chi connectivity index (χ2v) is 10.2. The fourth-order valence-electron chi connectivity index (χ4n) is 6.34. The Morgan fingerprint density at radius 2 is 1.84 bits per heavy atom. The van der Waals surface area contributed by atoms with Crippen LogP contribution >= 0.6 is 0 Å². The van der Waals surface area contributed by atoms with Crippen molar-refractivity contribution in [3.63, 3.8) is 0 Å². The molecule has 1 saturated heterocycles. The minimum atomic E-state index is -1.32. The van der Waals surface area contributed by atoms with Gasteiger partial charge >= 0.3 is 0 Å². The van der Waals surface area contributed by atoms with E-state index in [0.717, 1.165) is 18.4 Å². The summed E-state index contributed by atoms with van der Waals surface area (Å²) in [7, 11) is 0. The molecule has 8 atom stereocenters. The topological polar surface area (TPSA) is 66.4 Å². The number of allylic oxidation sites excluding steroid dienone is 3. The van der Waals surface area contributed by atoms with Crippen molar-refractivity contribution in [2.75, 3.05) is 0 Å². The predicted octanol–water partition coefficient (Wildman–Crippen LogP) is 4.26. The maximum absolute atomic E-state index is 13.9. The van der Waals surface area contributed by atoms with E-state index in [2.05, 4.69) is 31.8 Å². The number of carbonyl (C=O) groups excluding carboxylic acids is 2. The van der Waals surface area contributed by atoms with Crippen molar-refractivity contribution in [3.05, 3.63) is 72.4 Å². The van der Waals surface area contributed by atoms with Crippen molar-refractivity contribution in [2.24, 2.45) is 35.0 Å². The minimum Gasteiger partial charge on any atom is -0.388 e. The average Bonchev–Trinajstić information content (AvgIpc) is 3.04. The van der Waals surface area contributed by atoms with Gasteiger partial charge in [0.05, 0.1) is 6.10 Å². The molecule has 3 aliphatic rings. The molecule has 0 bridgehead atoms. The lowest BCUT2D eigenvalue weighted by Crippen LogP contribution is -2.58. The first-order valence-corrected chi connectivity index (χ1v) is 11.9. The summed E-state index contributed by atoms with van der Waals surface area (Å²) in [4.78, 5) is 27.6. The number of amides is 1. The molecule has 1 spiro atoms. The molecule has 1 heterocycles. The first-order valence-electron chi connectivity index (χ1n) is 11.9. The summed E-state index contributed by atoms with van der Waals surface area (Å²) >= 11 is 0. The van der Waals surface area contributed by atoms with Crippen LogP contribution in [0.1, 0.15) is 39.2 Å². The maximum Gasteiger partial charge on any atom is 0.235 e. The summed E-state index contributed by atoms with van der Waals surface area (Å²) < 4.78 is 0. The van der Waals surface area contributed by atoms with Crippen molar-refractivity contribution in [3.8, 4) is 0 Å². The molecule has 0 unspecified atom stereocenters. The van der Waals surface area contributed by atoms with E-state index in [1.807, 2.05) is 49.4 Å². The fourth-order valence-corrected chi connectivity index (χ4v) is 6.34. The van der Waals surface area contributed by atoms with Gasteiger partial charge in [-0.25, -0.2) is 0 Å². The summed E-state index contributed by atoms with van der Waals surface area (Å²) in [5.41, 5.74) is 0.510. The molecule has 170 valence electrons. The number of benzene rings is 1. The molecular weight excluding hydrogens is 398 g/mol. The molecule has 4 heteroatoms. The number of nitrogens with one attached hydrogen (secondary N) is 1. The highest BCUT2D eigenvalue weighted by molar-refractivity contribution is 6.13. The Bertz CT molecular complexity index is 949. The molecular formula is C28H35NO3. The Morgan fingerprint density at radius 3 is 2.56 bits per heavy atom. The van der Waals surface area contributed by atoms with E-state index in [0.29, 0.717) is 17.9 Å². The summed E-state index contributed by atoms with van der Waals surface area (Å²) in [5, 5.41) is 14.4. The highest BCUT2D eigenvalue weighted by atomic mass is 16.3. The Balaban J connectivity index is 1.84. The average molecular weight is 434 g/mol. The van der Waals surface area contributed by atoms with Gasteiger partial charge in [0, 0.05) is 17.9 Å². The van der Waals surface area contributed by atoms with Crippen LogP contribution < -0.4 is 5.32 Å². The Morgan fingerprint density at radius 1 is 1.12 bits per heavy atom. The summed E-state index contributed by atoms with van der Waals surface area (Å²) in [6.45, 7) is 10.5. The lowest BCUT2D eigenvalue weighted by Gasteiger charge is -2.48. The van der Waals surface area contributed by atoms with E-state index in [1.54, 1.807) is 6.08 Å². The number of rotatable bonds is 2. The lowest BCUT2D eigenvalue weighted by atomic mass is 9.52. The van der Waals surface area contributed by atoms with Crippen LogP contribution in [0.4, 0.5) is 0 Å². The van der Waals surface area contributed by atoms with Crippen molar-refractivity contribution in [1.29, 1.82) is 0 Å². The van der Waals surface area contributed by atoms with Crippen molar-refractivity contribution in [2.45, 2.75) is 52.2 Å². The van der Waals surface area contributed by atoms with Gasteiger partial charge in [-0.15, -0.1) is 0 Å². The molecule has 2 N–H and O–H groups in total. The largest absolute Gasteiger partial charge is 0.388 e. The van der Waals surface area contributed by atoms with Crippen LogP contribution in [0.5, 0.6) is 0 Å². The third-order valence-electron chi connectivity index (χ3n) is 7.96. The molecule has 1 aromatic carbocycles. The standard InChI is InChI=1S/C28H35NO3/c1-17-9-8-12-22-26(31)20(4)19(3)25-23(16-21-10-6-5-7-11-21)29-27(32)28(22,25)24(30)14-13-18(2)15-17/h5-8,10-14,17-19,22-23,25-26,31H,4,9,15-16H2,1-3H3,(H,29,32)/t17-,18-,19+,22-,23-,25-,26+,28+/m0/s1. The van der Waals surface area contributed by atoms with Crippen LogP contribution in [-0.2, 0) is 16.0 Å². The highest BCUT2D eigenvalue weighted by Crippen LogP contribution is 2.56. The van der Waals surface area contributed by atoms with E-state index in [-0.39, 0.29) is 35.5 Å². The van der Waals surface area contributed by atoms with Gasteiger partial charge in [-0.05, 0) is 54.2 Å². The van der Waals surface area contributed by atoms with Crippen LogP contribution in [0.3, 0.4) is 0 Å². The fraction of sp³-hybridized carbons (Fsp3) is 0.500. The zero-order valence-electron chi connectivity index (χ0n) is 19.3. The van der Waals surface area contributed by atoms with Crippen LogP contribution in [0.15, 0.2) is 66.8 Å². The molecule has 2 fully saturated rings. The zero-order chi connectivity index (χ0) is 23.0. The van der Waals surface area contributed by atoms with Crippen molar-refractivity contribution < 1.29 is 14.7 Å². The van der Waals surface area contributed by atoms with Gasteiger partial charge in [0.25, 0.3) is 0 Å². The SMILES string of the molecule is C=C1[C@@H](C)[C@H]2[C@H](Cc3ccccc3)NC(=O)[C@]23C(=O)C=C[C@H](C)C[C@@H](C)CC=C[C@H]3[C@@H]1O. The number of aliphatic hydroxyl groups is 1. The second kappa shape index (κ2) is 8.82. The first kappa shape index (κ1) is 22.7. The Labute approximate surface area is 191 Å². The van der Waals surface area contributed by atoms with Gasteiger partial charge in [-0.1, -0.05) is 75.9 Å². The number of aliphatic hydroxyl groups excluding tert-OH is 1. The summed E-state index contributed by atoms with van der Waals surface area (Å²) in [6, 6.07) is 9.86. The predicted molar refractivity (Wildman–Crippen MR) is 127 cm³/mol. The van der Waals surface area contributed by atoms with Crippen LogP contribution in [0.25, 0.3) is 0 Å². The number of hydrogen-bond acceptors (Lipinski definition) is 3. The first-order chi connectivity index (χ1) is 15.3. The lowest BCUT2D eigenvalue weighted by molar-refractivity contribution is -0.148. The molecule has 0 radical (unpaired) electrons. The number of ketones is 1. The van der Waals surface area contributed by atoms with Crippen molar-refractivity contribution in [1.82, 2.24) is 5.32 Å². The molecule has 4 rings (SSSR count). The molecule has 0 aromatic heterocycles. The van der Waals surface area contributed by atoms with Gasteiger partial charge in [-0.2, -0.15) is 0 Å². The van der Waals surface area contributed by atoms with E-state index in [4.69, 9.17) is 0 Å². The van der Waals surface area contributed by atoms with Crippen LogP contribution in [-0.4, -0.2) is 28.9 Å². The molecule has 4 nitrogen and oxygen atoms in total. The molecule has 1 aromatic rings. The van der Waals surface area contributed by atoms with Crippen molar-refractivity contribution >= 4 is 11.7 Å².